The lowest BCUT2D eigenvalue weighted by atomic mass is 10.1. The van der Waals surface area contributed by atoms with Crippen LogP contribution in [0.5, 0.6) is 5.75 Å². The van der Waals surface area contributed by atoms with Gasteiger partial charge in [-0.3, -0.25) is 9.59 Å². The molecule has 0 aromatic heterocycles. The van der Waals surface area contributed by atoms with Crippen molar-refractivity contribution in [3.63, 3.8) is 0 Å². The number of para-hydroxylation sites is 1. The van der Waals surface area contributed by atoms with E-state index >= 15 is 0 Å². The average molecular weight is 374 g/mol. The first-order valence-electron chi connectivity index (χ1n) is 8.95. The topological polar surface area (TPSA) is 58.6 Å². The fourth-order valence-corrected chi connectivity index (χ4v) is 2.64. The molecule has 5 nitrogen and oxygen atoms in total. The second-order valence-electron chi connectivity index (χ2n) is 6.43. The molecule has 0 bridgehead atoms. The van der Waals surface area contributed by atoms with E-state index < -0.39 is 0 Å². The molecule has 0 heterocycles. The summed E-state index contributed by atoms with van der Waals surface area (Å²) in [6.07, 6.45) is 0. The first-order valence-corrected chi connectivity index (χ1v) is 8.95. The number of aryl methyl sites for hydroxylation is 1. The summed E-state index contributed by atoms with van der Waals surface area (Å²) in [6, 6.07) is 23.7. The van der Waals surface area contributed by atoms with Gasteiger partial charge >= 0.3 is 0 Å². The van der Waals surface area contributed by atoms with Crippen molar-refractivity contribution in [3.8, 4) is 5.75 Å². The van der Waals surface area contributed by atoms with Crippen LogP contribution in [0.3, 0.4) is 0 Å². The minimum Gasteiger partial charge on any atom is -0.484 e. The van der Waals surface area contributed by atoms with Crippen molar-refractivity contribution in [3.05, 3.63) is 90.0 Å². The molecule has 2 amide bonds. The molecule has 3 rings (SSSR count). The van der Waals surface area contributed by atoms with E-state index in [0.717, 1.165) is 16.9 Å². The van der Waals surface area contributed by atoms with E-state index in [1.54, 1.807) is 36.2 Å². The summed E-state index contributed by atoms with van der Waals surface area (Å²) in [5.74, 6) is 0.237. The fourth-order valence-electron chi connectivity index (χ4n) is 2.64. The van der Waals surface area contributed by atoms with Crippen molar-refractivity contribution < 1.29 is 14.3 Å². The van der Waals surface area contributed by atoms with Crippen molar-refractivity contribution in [2.24, 2.45) is 0 Å². The number of hydrogen-bond donors (Lipinski definition) is 1. The Morgan fingerprint density at radius 1 is 0.893 bits per heavy atom. The third-order valence-corrected chi connectivity index (χ3v) is 4.25. The zero-order valence-corrected chi connectivity index (χ0v) is 15.9. The molecule has 0 unspecified atom stereocenters. The third kappa shape index (κ3) is 4.98. The van der Waals surface area contributed by atoms with E-state index in [-0.39, 0.29) is 18.4 Å². The molecule has 28 heavy (non-hydrogen) atoms. The number of anilines is 2. The maximum absolute atomic E-state index is 12.6. The van der Waals surface area contributed by atoms with Gasteiger partial charge in [-0.05, 0) is 55.5 Å². The van der Waals surface area contributed by atoms with Gasteiger partial charge in [-0.25, -0.2) is 0 Å². The maximum atomic E-state index is 12.6. The maximum Gasteiger partial charge on any atom is 0.262 e. The number of benzene rings is 3. The molecule has 5 heteroatoms. The molecule has 0 aliphatic heterocycles. The molecule has 0 spiro atoms. The number of carbonyl (C=O) groups excluding carboxylic acids is 2. The van der Waals surface area contributed by atoms with Gasteiger partial charge in [0, 0.05) is 24.0 Å². The van der Waals surface area contributed by atoms with Gasteiger partial charge in [0.1, 0.15) is 5.75 Å². The van der Waals surface area contributed by atoms with E-state index in [1.165, 1.54) is 0 Å². The van der Waals surface area contributed by atoms with Gasteiger partial charge in [-0.1, -0.05) is 35.9 Å². The van der Waals surface area contributed by atoms with Crippen molar-refractivity contribution in [2.75, 3.05) is 23.9 Å². The van der Waals surface area contributed by atoms with Gasteiger partial charge in [-0.2, -0.15) is 0 Å². The van der Waals surface area contributed by atoms with Crippen molar-refractivity contribution >= 4 is 23.2 Å². The highest BCUT2D eigenvalue weighted by molar-refractivity contribution is 6.05. The summed E-state index contributed by atoms with van der Waals surface area (Å²) in [5, 5.41) is 2.76. The molecule has 0 saturated carbocycles. The second-order valence-corrected chi connectivity index (χ2v) is 6.43. The smallest absolute Gasteiger partial charge is 0.262 e. The average Bonchev–Trinajstić information content (AvgIpc) is 2.73. The molecule has 0 atom stereocenters. The molecule has 3 aromatic rings. The standard InChI is InChI=1S/C23H22N2O3/c1-17-8-10-18(11-9-17)23(27)25(2)20-12-14-21(15-13-20)28-16-22(26)24-19-6-4-3-5-7-19/h3-15H,16H2,1-2H3,(H,24,26). The lowest BCUT2D eigenvalue weighted by Gasteiger charge is -2.18. The number of hydrogen-bond acceptors (Lipinski definition) is 3. The van der Waals surface area contributed by atoms with E-state index in [0.29, 0.717) is 11.3 Å². The van der Waals surface area contributed by atoms with Crippen LogP contribution in [-0.4, -0.2) is 25.5 Å². The minimum absolute atomic E-state index is 0.0871. The van der Waals surface area contributed by atoms with Gasteiger partial charge < -0.3 is 15.0 Å². The van der Waals surface area contributed by atoms with Crippen LogP contribution in [0.4, 0.5) is 11.4 Å². The van der Waals surface area contributed by atoms with Gasteiger partial charge in [0.05, 0.1) is 0 Å². The van der Waals surface area contributed by atoms with E-state index in [9.17, 15) is 9.59 Å². The molecule has 0 aliphatic carbocycles. The molecule has 0 aliphatic rings. The monoisotopic (exact) mass is 374 g/mol. The Hall–Kier alpha value is -3.60. The largest absolute Gasteiger partial charge is 0.484 e. The third-order valence-electron chi connectivity index (χ3n) is 4.25. The number of carbonyl (C=O) groups is 2. The highest BCUT2D eigenvalue weighted by Gasteiger charge is 2.13. The lowest BCUT2D eigenvalue weighted by Crippen LogP contribution is -2.26. The highest BCUT2D eigenvalue weighted by Crippen LogP contribution is 2.20. The molecule has 1 N–H and O–H groups in total. The number of nitrogens with zero attached hydrogens (tertiary/aromatic N) is 1. The van der Waals surface area contributed by atoms with Crippen molar-refractivity contribution in [1.29, 1.82) is 0 Å². The predicted octanol–water partition coefficient (Wildman–Crippen LogP) is 4.29. The SMILES string of the molecule is Cc1ccc(C(=O)N(C)c2ccc(OCC(=O)Nc3ccccc3)cc2)cc1. The van der Waals surface area contributed by atoms with Gasteiger partial charge in [-0.15, -0.1) is 0 Å². The summed E-state index contributed by atoms with van der Waals surface area (Å²) < 4.78 is 5.52. The molecule has 3 aromatic carbocycles. The Balaban J connectivity index is 1.56. The van der Waals surface area contributed by atoms with Crippen molar-refractivity contribution in [2.45, 2.75) is 6.92 Å². The zero-order valence-electron chi connectivity index (χ0n) is 15.9. The number of nitrogens with one attached hydrogen (secondary N) is 1. The Kier molecular flexibility index (Phi) is 6.07. The normalized spacial score (nSPS) is 10.2. The summed E-state index contributed by atoms with van der Waals surface area (Å²) in [5.41, 5.74) is 3.21. The van der Waals surface area contributed by atoms with Crippen molar-refractivity contribution in [1.82, 2.24) is 0 Å². The second kappa shape index (κ2) is 8.86. The Morgan fingerprint density at radius 2 is 1.54 bits per heavy atom. The summed E-state index contributed by atoms with van der Waals surface area (Å²) in [4.78, 5) is 26.1. The Bertz CT molecular complexity index is 936. The van der Waals surface area contributed by atoms with E-state index in [4.69, 9.17) is 4.74 Å². The Labute approximate surface area is 164 Å². The molecular weight excluding hydrogens is 352 g/mol. The van der Waals surface area contributed by atoms with Crippen LogP contribution in [0.25, 0.3) is 0 Å². The van der Waals surface area contributed by atoms with Crippen LogP contribution in [0.1, 0.15) is 15.9 Å². The molecule has 0 fully saturated rings. The first-order chi connectivity index (χ1) is 13.5. The summed E-state index contributed by atoms with van der Waals surface area (Å²) >= 11 is 0. The minimum atomic E-state index is -0.234. The van der Waals surface area contributed by atoms with Crippen LogP contribution in [-0.2, 0) is 4.79 Å². The quantitative estimate of drug-likeness (QED) is 0.700. The van der Waals surface area contributed by atoms with Crippen LogP contribution in [0.2, 0.25) is 0 Å². The zero-order chi connectivity index (χ0) is 19.9. The van der Waals surface area contributed by atoms with Gasteiger partial charge in [0.25, 0.3) is 11.8 Å². The van der Waals surface area contributed by atoms with Gasteiger partial charge in [0.15, 0.2) is 6.61 Å². The van der Waals surface area contributed by atoms with E-state index in [1.807, 2.05) is 61.5 Å². The highest BCUT2D eigenvalue weighted by atomic mass is 16.5. The predicted molar refractivity (Wildman–Crippen MR) is 111 cm³/mol. The van der Waals surface area contributed by atoms with Crippen LogP contribution in [0, 0.1) is 6.92 Å². The first kappa shape index (κ1) is 19.2. The van der Waals surface area contributed by atoms with Gasteiger partial charge in [0.2, 0.25) is 0 Å². The molecule has 0 saturated heterocycles. The lowest BCUT2D eigenvalue weighted by molar-refractivity contribution is -0.118. The van der Waals surface area contributed by atoms with Crippen LogP contribution < -0.4 is 15.0 Å². The fraction of sp³-hybridized carbons (Fsp3) is 0.130. The van der Waals surface area contributed by atoms with Crippen LogP contribution in [0.15, 0.2) is 78.9 Å². The number of amides is 2. The number of ether oxygens (including phenoxy) is 1. The van der Waals surface area contributed by atoms with Crippen LogP contribution >= 0.6 is 0 Å². The number of rotatable bonds is 6. The summed E-state index contributed by atoms with van der Waals surface area (Å²) in [6.45, 7) is 1.89. The Morgan fingerprint density at radius 3 is 2.18 bits per heavy atom. The molecular formula is C23H22N2O3. The molecule has 0 radical (unpaired) electrons. The van der Waals surface area contributed by atoms with E-state index in [2.05, 4.69) is 5.32 Å². The summed E-state index contributed by atoms with van der Waals surface area (Å²) in [7, 11) is 1.73. The molecule has 142 valence electrons.